The number of amides is 2. The van der Waals surface area contributed by atoms with E-state index in [1.807, 2.05) is 0 Å². The van der Waals surface area contributed by atoms with E-state index in [4.69, 9.17) is 0 Å². The molecule has 1 aromatic heterocycles. The van der Waals surface area contributed by atoms with Gasteiger partial charge in [-0.25, -0.2) is 0 Å². The number of carbonyl (C=O) groups is 2. The molecular formula is C19H29BrN4O2. The summed E-state index contributed by atoms with van der Waals surface area (Å²) in [5.74, 6) is 0.152. The van der Waals surface area contributed by atoms with Crippen LogP contribution in [0.5, 0.6) is 0 Å². The zero-order valence-corrected chi connectivity index (χ0v) is 17.3. The molecule has 2 heterocycles. The van der Waals surface area contributed by atoms with E-state index in [0.29, 0.717) is 24.8 Å². The first-order chi connectivity index (χ1) is 12.5. The second-order valence-electron chi connectivity index (χ2n) is 7.89. The van der Waals surface area contributed by atoms with Crippen LogP contribution in [0.2, 0.25) is 0 Å². The minimum atomic E-state index is -0.114. The van der Waals surface area contributed by atoms with Crippen LogP contribution in [0.4, 0.5) is 0 Å². The average molecular weight is 425 g/mol. The van der Waals surface area contributed by atoms with Gasteiger partial charge in [-0.05, 0) is 47.5 Å². The molecule has 0 radical (unpaired) electrons. The quantitative estimate of drug-likeness (QED) is 0.774. The van der Waals surface area contributed by atoms with Gasteiger partial charge in [0.1, 0.15) is 0 Å². The van der Waals surface area contributed by atoms with Crippen molar-refractivity contribution < 1.29 is 9.59 Å². The van der Waals surface area contributed by atoms with Crippen LogP contribution < -0.4 is 5.32 Å². The van der Waals surface area contributed by atoms with Gasteiger partial charge in [0.05, 0.1) is 16.1 Å². The molecule has 1 saturated carbocycles. The molecule has 144 valence electrons. The molecule has 1 aliphatic heterocycles. The summed E-state index contributed by atoms with van der Waals surface area (Å²) in [6.07, 6.45) is 7.54. The van der Waals surface area contributed by atoms with E-state index in [1.165, 1.54) is 19.3 Å². The van der Waals surface area contributed by atoms with Crippen molar-refractivity contribution in [3.63, 3.8) is 0 Å². The fourth-order valence-electron chi connectivity index (χ4n) is 3.96. The SMILES string of the molecule is CC(C)c1[nH]nc(C(=O)N2CCCC(C(=O)NC3CCCCC3)C2)c1Br. The Bertz CT molecular complexity index is 652. The number of aromatic amines is 1. The van der Waals surface area contributed by atoms with E-state index >= 15 is 0 Å². The molecule has 7 heteroatoms. The second-order valence-corrected chi connectivity index (χ2v) is 8.68. The van der Waals surface area contributed by atoms with E-state index in [-0.39, 0.29) is 23.7 Å². The zero-order valence-electron chi connectivity index (χ0n) is 15.7. The van der Waals surface area contributed by atoms with Crippen molar-refractivity contribution in [2.24, 2.45) is 5.92 Å². The largest absolute Gasteiger partial charge is 0.353 e. The Kier molecular flexibility index (Phi) is 6.37. The number of rotatable bonds is 4. The molecule has 1 aromatic rings. The number of H-pyrrole nitrogens is 1. The Hall–Kier alpha value is -1.37. The molecule has 0 bridgehead atoms. The van der Waals surface area contributed by atoms with Crippen LogP contribution in [0.3, 0.4) is 0 Å². The Balaban J connectivity index is 1.62. The van der Waals surface area contributed by atoms with Gasteiger partial charge >= 0.3 is 0 Å². The minimum Gasteiger partial charge on any atom is -0.353 e. The van der Waals surface area contributed by atoms with Crippen molar-refractivity contribution in [2.75, 3.05) is 13.1 Å². The summed E-state index contributed by atoms with van der Waals surface area (Å²) in [6, 6.07) is 0.316. The Labute approximate surface area is 163 Å². The first kappa shape index (κ1) is 19.4. The fourth-order valence-corrected chi connectivity index (χ4v) is 4.76. The predicted octanol–water partition coefficient (Wildman–Crippen LogP) is 3.60. The highest BCUT2D eigenvalue weighted by molar-refractivity contribution is 9.10. The van der Waals surface area contributed by atoms with Gasteiger partial charge in [0, 0.05) is 19.1 Å². The number of piperidine rings is 1. The molecular weight excluding hydrogens is 396 g/mol. The maximum absolute atomic E-state index is 12.9. The molecule has 26 heavy (non-hydrogen) atoms. The molecule has 2 fully saturated rings. The van der Waals surface area contributed by atoms with E-state index in [9.17, 15) is 9.59 Å². The Morgan fingerprint density at radius 3 is 2.58 bits per heavy atom. The third-order valence-corrected chi connectivity index (χ3v) is 6.35. The topological polar surface area (TPSA) is 78.1 Å². The number of hydrogen-bond acceptors (Lipinski definition) is 3. The summed E-state index contributed by atoms with van der Waals surface area (Å²) in [7, 11) is 0. The normalized spacial score (nSPS) is 21.8. The van der Waals surface area contributed by atoms with E-state index in [1.54, 1.807) is 4.90 Å². The van der Waals surface area contributed by atoms with E-state index in [0.717, 1.165) is 35.8 Å². The molecule has 6 nitrogen and oxygen atoms in total. The molecule has 1 saturated heterocycles. The third kappa shape index (κ3) is 4.30. The van der Waals surface area contributed by atoms with Crippen molar-refractivity contribution in [3.05, 3.63) is 15.9 Å². The zero-order chi connectivity index (χ0) is 18.7. The first-order valence-electron chi connectivity index (χ1n) is 9.80. The summed E-state index contributed by atoms with van der Waals surface area (Å²) in [6.45, 7) is 5.27. The number of hydrogen-bond donors (Lipinski definition) is 2. The van der Waals surface area contributed by atoms with Gasteiger partial charge in [-0.15, -0.1) is 0 Å². The lowest BCUT2D eigenvalue weighted by molar-refractivity contribution is -0.127. The first-order valence-corrected chi connectivity index (χ1v) is 10.6. The highest BCUT2D eigenvalue weighted by Gasteiger charge is 2.32. The van der Waals surface area contributed by atoms with Gasteiger partial charge in [-0.2, -0.15) is 5.10 Å². The van der Waals surface area contributed by atoms with Crippen molar-refractivity contribution >= 4 is 27.7 Å². The second kappa shape index (κ2) is 8.55. The summed E-state index contributed by atoms with van der Waals surface area (Å²) >= 11 is 3.51. The number of aromatic nitrogens is 2. The molecule has 0 aromatic carbocycles. The molecule has 1 atom stereocenters. The maximum atomic E-state index is 12.9. The standard InChI is InChI=1S/C19H29BrN4O2/c1-12(2)16-15(20)17(23-22-16)19(26)24-10-6-7-13(11-24)18(25)21-14-8-4-3-5-9-14/h12-14H,3-11H2,1-2H3,(H,21,25)(H,22,23). The molecule has 1 unspecified atom stereocenters. The monoisotopic (exact) mass is 424 g/mol. The maximum Gasteiger partial charge on any atom is 0.275 e. The number of nitrogens with one attached hydrogen (secondary N) is 2. The Morgan fingerprint density at radius 2 is 1.92 bits per heavy atom. The number of likely N-dealkylation sites (tertiary alicyclic amines) is 1. The van der Waals surface area contributed by atoms with Crippen LogP contribution in [0.1, 0.15) is 80.9 Å². The van der Waals surface area contributed by atoms with Crippen LogP contribution in [0.15, 0.2) is 4.47 Å². The van der Waals surface area contributed by atoms with Crippen LogP contribution in [0.25, 0.3) is 0 Å². The lowest BCUT2D eigenvalue weighted by Crippen LogP contribution is -2.48. The molecule has 1 aliphatic carbocycles. The van der Waals surface area contributed by atoms with Crippen LogP contribution >= 0.6 is 15.9 Å². The summed E-state index contributed by atoms with van der Waals surface area (Å²) in [4.78, 5) is 27.3. The van der Waals surface area contributed by atoms with E-state index in [2.05, 4.69) is 45.3 Å². The highest BCUT2D eigenvalue weighted by atomic mass is 79.9. The van der Waals surface area contributed by atoms with Gasteiger partial charge in [-0.3, -0.25) is 14.7 Å². The van der Waals surface area contributed by atoms with Crippen molar-refractivity contribution in [2.45, 2.75) is 70.8 Å². The number of halogens is 1. The molecule has 2 amide bonds. The fraction of sp³-hybridized carbons (Fsp3) is 0.737. The smallest absolute Gasteiger partial charge is 0.275 e. The van der Waals surface area contributed by atoms with Gasteiger partial charge in [-0.1, -0.05) is 33.1 Å². The molecule has 0 spiro atoms. The Morgan fingerprint density at radius 1 is 1.19 bits per heavy atom. The van der Waals surface area contributed by atoms with Gasteiger partial charge in [0.25, 0.3) is 5.91 Å². The average Bonchev–Trinajstić information content (AvgIpc) is 3.03. The summed E-state index contributed by atoms with van der Waals surface area (Å²) in [5, 5.41) is 10.4. The third-order valence-electron chi connectivity index (χ3n) is 5.54. The summed E-state index contributed by atoms with van der Waals surface area (Å²) in [5.41, 5.74) is 1.35. The number of nitrogens with zero attached hydrogens (tertiary/aromatic N) is 2. The van der Waals surface area contributed by atoms with E-state index < -0.39 is 0 Å². The van der Waals surface area contributed by atoms with Crippen molar-refractivity contribution in [1.29, 1.82) is 0 Å². The molecule has 3 rings (SSSR count). The van der Waals surface area contributed by atoms with Crippen LogP contribution in [-0.2, 0) is 4.79 Å². The predicted molar refractivity (Wildman–Crippen MR) is 104 cm³/mol. The van der Waals surface area contributed by atoms with Crippen LogP contribution in [0, 0.1) is 5.92 Å². The lowest BCUT2D eigenvalue weighted by atomic mass is 9.93. The van der Waals surface area contributed by atoms with Crippen molar-refractivity contribution in [1.82, 2.24) is 20.4 Å². The van der Waals surface area contributed by atoms with Crippen LogP contribution in [-0.4, -0.2) is 46.0 Å². The van der Waals surface area contributed by atoms with Gasteiger partial charge in [0.2, 0.25) is 5.91 Å². The van der Waals surface area contributed by atoms with Gasteiger partial charge in [0.15, 0.2) is 5.69 Å². The lowest BCUT2D eigenvalue weighted by Gasteiger charge is -2.33. The highest BCUT2D eigenvalue weighted by Crippen LogP contribution is 2.28. The molecule has 2 aliphatic rings. The minimum absolute atomic E-state index is 0.102. The summed E-state index contributed by atoms with van der Waals surface area (Å²) < 4.78 is 0.742. The molecule has 2 N–H and O–H groups in total. The number of carbonyl (C=O) groups excluding carboxylic acids is 2. The van der Waals surface area contributed by atoms with Crippen molar-refractivity contribution in [3.8, 4) is 0 Å². The van der Waals surface area contributed by atoms with Gasteiger partial charge < -0.3 is 10.2 Å².